The van der Waals surface area contributed by atoms with Crippen LogP contribution in [0.2, 0.25) is 0 Å². The van der Waals surface area contributed by atoms with E-state index >= 15 is 0 Å². The van der Waals surface area contributed by atoms with Gasteiger partial charge in [-0.25, -0.2) is 0 Å². The van der Waals surface area contributed by atoms with Crippen molar-refractivity contribution >= 4 is 28.7 Å². The first-order valence-electron chi connectivity index (χ1n) is 9.04. The number of nitrogens with one attached hydrogen (secondary N) is 2. The van der Waals surface area contributed by atoms with Gasteiger partial charge in [0.25, 0.3) is 0 Å². The van der Waals surface area contributed by atoms with E-state index in [1.165, 1.54) is 22.4 Å². The molecule has 3 rings (SSSR count). The van der Waals surface area contributed by atoms with E-state index in [1.807, 2.05) is 0 Å². The number of aryl methyl sites for hydroxylation is 1. The average Bonchev–Trinajstić information content (AvgIpc) is 3.33. The fraction of sp³-hybridized carbons (Fsp3) is 0.450. The number of thiophene rings is 1. The topological polar surface area (TPSA) is 33.3 Å². The van der Waals surface area contributed by atoms with Crippen molar-refractivity contribution in [2.45, 2.75) is 44.8 Å². The second kappa shape index (κ2) is 9.32. The average molecular weight is 375 g/mol. The molecule has 0 bridgehead atoms. The van der Waals surface area contributed by atoms with E-state index in [4.69, 9.17) is 17.0 Å². The Kier molecular flexibility index (Phi) is 6.84. The minimum atomic E-state index is 0.0835. The number of benzene rings is 1. The number of thiocarbonyl (C=S) groups is 1. The van der Waals surface area contributed by atoms with Crippen LogP contribution in [0.4, 0.5) is 0 Å². The molecule has 1 aliphatic rings. The monoisotopic (exact) mass is 374 g/mol. The van der Waals surface area contributed by atoms with Gasteiger partial charge in [-0.15, -0.1) is 11.3 Å². The van der Waals surface area contributed by atoms with Crippen molar-refractivity contribution < 1.29 is 4.74 Å². The van der Waals surface area contributed by atoms with E-state index in [0.29, 0.717) is 5.11 Å². The third kappa shape index (κ3) is 5.27. The smallest absolute Gasteiger partial charge is 0.167 e. The zero-order valence-corrected chi connectivity index (χ0v) is 16.3. The van der Waals surface area contributed by atoms with E-state index in [0.717, 1.165) is 32.4 Å². The van der Waals surface area contributed by atoms with Crippen molar-refractivity contribution in [3.05, 3.63) is 57.8 Å². The van der Waals surface area contributed by atoms with Crippen LogP contribution < -0.4 is 10.6 Å². The molecule has 1 aliphatic heterocycles. The second-order valence-electron chi connectivity index (χ2n) is 6.43. The van der Waals surface area contributed by atoms with Crippen LogP contribution in [0.3, 0.4) is 0 Å². The van der Waals surface area contributed by atoms with Gasteiger partial charge in [0.15, 0.2) is 5.11 Å². The summed E-state index contributed by atoms with van der Waals surface area (Å²) in [7, 11) is 0. The number of hydrogen-bond donors (Lipinski definition) is 2. The first-order chi connectivity index (χ1) is 12.3. The maximum absolute atomic E-state index is 5.65. The highest BCUT2D eigenvalue weighted by Gasteiger charge is 2.18. The Hall–Kier alpha value is -1.43. The van der Waals surface area contributed by atoms with Crippen LogP contribution in [0, 0.1) is 0 Å². The van der Waals surface area contributed by atoms with Gasteiger partial charge in [-0.2, -0.15) is 0 Å². The summed E-state index contributed by atoms with van der Waals surface area (Å²) in [5, 5.41) is 9.60. The van der Waals surface area contributed by atoms with Gasteiger partial charge in [-0.3, -0.25) is 0 Å². The van der Waals surface area contributed by atoms with Gasteiger partial charge in [0.1, 0.15) is 0 Å². The third-order valence-corrected chi connectivity index (χ3v) is 5.67. The van der Waals surface area contributed by atoms with E-state index < -0.39 is 0 Å². The molecule has 2 heterocycles. The molecule has 0 spiro atoms. The molecule has 1 saturated heterocycles. The molecule has 0 amide bonds. The molecule has 3 nitrogen and oxygen atoms in total. The lowest BCUT2D eigenvalue weighted by Crippen LogP contribution is -2.41. The minimum Gasteiger partial charge on any atom is -0.376 e. The van der Waals surface area contributed by atoms with Crippen LogP contribution in [0.5, 0.6) is 0 Å². The van der Waals surface area contributed by atoms with Crippen molar-refractivity contribution in [3.63, 3.8) is 0 Å². The fourth-order valence-corrected chi connectivity index (χ4v) is 4.14. The van der Waals surface area contributed by atoms with Gasteiger partial charge in [0.2, 0.25) is 0 Å². The van der Waals surface area contributed by atoms with Crippen molar-refractivity contribution in [2.24, 2.45) is 0 Å². The maximum atomic E-state index is 5.65. The summed E-state index contributed by atoms with van der Waals surface area (Å²) in [5.41, 5.74) is 2.62. The Morgan fingerprint density at radius 1 is 1.32 bits per heavy atom. The van der Waals surface area contributed by atoms with Gasteiger partial charge in [0.05, 0.1) is 12.1 Å². The van der Waals surface area contributed by atoms with Gasteiger partial charge < -0.3 is 15.4 Å². The highest BCUT2D eigenvalue weighted by atomic mass is 32.1. The summed E-state index contributed by atoms with van der Waals surface area (Å²) in [6.07, 6.45) is 4.84. The van der Waals surface area contributed by atoms with E-state index in [2.05, 4.69) is 59.3 Å². The molecule has 5 heteroatoms. The summed E-state index contributed by atoms with van der Waals surface area (Å²) in [5.74, 6) is 0. The highest BCUT2D eigenvalue weighted by Crippen LogP contribution is 2.26. The van der Waals surface area contributed by atoms with Gasteiger partial charge in [-0.05, 0) is 54.1 Å². The lowest BCUT2D eigenvalue weighted by atomic mass is 10.0. The van der Waals surface area contributed by atoms with Gasteiger partial charge in [-0.1, -0.05) is 43.7 Å². The molecule has 134 valence electrons. The third-order valence-electron chi connectivity index (χ3n) is 4.47. The Morgan fingerprint density at radius 2 is 2.16 bits per heavy atom. The first kappa shape index (κ1) is 18.4. The zero-order chi connectivity index (χ0) is 17.5. The lowest BCUT2D eigenvalue weighted by molar-refractivity contribution is 0.114. The van der Waals surface area contributed by atoms with Gasteiger partial charge in [0, 0.05) is 18.0 Å². The summed E-state index contributed by atoms with van der Waals surface area (Å²) in [6, 6.07) is 13.2. The predicted molar refractivity (Wildman–Crippen MR) is 109 cm³/mol. The molecular formula is C20H26N2OS2. The van der Waals surface area contributed by atoms with E-state index in [1.54, 1.807) is 11.3 Å². The van der Waals surface area contributed by atoms with Crippen molar-refractivity contribution in [1.82, 2.24) is 10.6 Å². The largest absolute Gasteiger partial charge is 0.376 e. The lowest BCUT2D eigenvalue weighted by Gasteiger charge is -2.21. The summed E-state index contributed by atoms with van der Waals surface area (Å²) < 4.78 is 5.65. The molecule has 1 fully saturated rings. The predicted octanol–water partition coefficient (Wildman–Crippen LogP) is 4.43. The van der Waals surface area contributed by atoms with Crippen molar-refractivity contribution in [2.75, 3.05) is 13.2 Å². The highest BCUT2D eigenvalue weighted by molar-refractivity contribution is 7.80. The van der Waals surface area contributed by atoms with Crippen LogP contribution >= 0.6 is 23.6 Å². The van der Waals surface area contributed by atoms with Crippen LogP contribution in [0.15, 0.2) is 41.8 Å². The van der Waals surface area contributed by atoms with Crippen LogP contribution in [-0.4, -0.2) is 24.4 Å². The first-order valence-corrected chi connectivity index (χ1v) is 10.3. The number of ether oxygens (including phenoxy) is 1. The van der Waals surface area contributed by atoms with Crippen LogP contribution in [-0.2, 0) is 11.2 Å². The standard InChI is InChI=1S/C20H26N2OS2/c1-2-5-15-8-10-16(11-9-15)19(18-7-4-13-25-18)22-20(24)21-14-17-6-3-12-23-17/h4,7-11,13,17,19H,2-3,5-6,12,14H2,1H3,(H2,21,22,24)/t17-,19-/m0/s1. The van der Waals surface area contributed by atoms with Crippen LogP contribution in [0.1, 0.15) is 48.2 Å². The maximum Gasteiger partial charge on any atom is 0.167 e. The molecule has 0 radical (unpaired) electrons. The molecule has 1 aromatic carbocycles. The molecule has 2 N–H and O–H groups in total. The Bertz CT molecular complexity index is 649. The Labute approximate surface area is 159 Å². The minimum absolute atomic E-state index is 0.0835. The molecule has 25 heavy (non-hydrogen) atoms. The SMILES string of the molecule is CCCc1ccc([C@H](NC(=S)NC[C@@H]2CCCO2)c2cccs2)cc1. The Balaban J connectivity index is 1.66. The molecule has 0 saturated carbocycles. The van der Waals surface area contributed by atoms with Gasteiger partial charge >= 0.3 is 0 Å². The molecular weight excluding hydrogens is 348 g/mol. The van der Waals surface area contributed by atoms with E-state index in [9.17, 15) is 0 Å². The summed E-state index contributed by atoms with van der Waals surface area (Å²) in [4.78, 5) is 1.27. The molecule has 0 aliphatic carbocycles. The number of hydrogen-bond acceptors (Lipinski definition) is 3. The fourth-order valence-electron chi connectivity index (χ4n) is 3.13. The second-order valence-corrected chi connectivity index (χ2v) is 7.82. The van der Waals surface area contributed by atoms with Crippen molar-refractivity contribution in [3.8, 4) is 0 Å². The number of rotatable bonds is 7. The Morgan fingerprint density at radius 3 is 2.80 bits per heavy atom. The van der Waals surface area contributed by atoms with Crippen LogP contribution in [0.25, 0.3) is 0 Å². The van der Waals surface area contributed by atoms with E-state index in [-0.39, 0.29) is 12.1 Å². The van der Waals surface area contributed by atoms with Crippen molar-refractivity contribution in [1.29, 1.82) is 0 Å². The zero-order valence-electron chi connectivity index (χ0n) is 14.7. The normalized spacial score (nSPS) is 18.0. The summed E-state index contributed by atoms with van der Waals surface area (Å²) >= 11 is 7.28. The summed E-state index contributed by atoms with van der Waals surface area (Å²) in [6.45, 7) is 3.86. The molecule has 1 aromatic heterocycles. The molecule has 2 atom stereocenters. The quantitative estimate of drug-likeness (QED) is 0.702. The molecule has 2 aromatic rings. The molecule has 0 unspecified atom stereocenters.